The molecule has 0 aromatic heterocycles. The van der Waals surface area contributed by atoms with E-state index in [0.29, 0.717) is 25.7 Å². The summed E-state index contributed by atoms with van der Waals surface area (Å²) in [6.07, 6.45) is 19.8. The molecule has 24 nitrogen and oxygen atoms in total. The van der Waals surface area contributed by atoms with Gasteiger partial charge < -0.3 is 60.2 Å². The van der Waals surface area contributed by atoms with Gasteiger partial charge in [-0.15, -0.1) is 0 Å². The van der Waals surface area contributed by atoms with E-state index in [1.165, 1.54) is 38.5 Å². The van der Waals surface area contributed by atoms with Crippen LogP contribution in [0.15, 0.2) is 24.3 Å². The molecule has 8 unspecified atom stereocenters. The summed E-state index contributed by atoms with van der Waals surface area (Å²) in [5, 5.41) is 29.3. The molecule has 0 radical (unpaired) electrons. The summed E-state index contributed by atoms with van der Waals surface area (Å²) in [5.74, 6) is -3.15. The minimum Gasteiger partial charge on any atom is -0.462 e. The maximum Gasteiger partial charge on any atom is 0.472 e. The molecule has 26 heteroatoms. The summed E-state index contributed by atoms with van der Waals surface area (Å²) in [7, 11) is -9.43. The van der Waals surface area contributed by atoms with Crippen LogP contribution in [0, 0.1) is 0 Å². The number of allylic oxidation sites excluding steroid dienone is 4. The Hall–Kier alpha value is -3.64. The van der Waals surface area contributed by atoms with E-state index < -0.39 is 114 Å². The van der Waals surface area contributed by atoms with Gasteiger partial charge in [-0.05, 0) is 91.9 Å². The third kappa shape index (κ3) is 50.1. The number of rotatable bonds is 53. The number of phosphoric acid groups is 2. The van der Waals surface area contributed by atoms with E-state index in [1.54, 1.807) is 27.7 Å². The van der Waals surface area contributed by atoms with Gasteiger partial charge in [0.15, 0.2) is 0 Å². The first-order valence-corrected chi connectivity index (χ1v) is 31.6. The van der Waals surface area contributed by atoms with Gasteiger partial charge >= 0.3 is 27.6 Å². The lowest BCUT2D eigenvalue weighted by Crippen LogP contribution is -2.42. The molecule has 0 rings (SSSR count). The van der Waals surface area contributed by atoms with Crippen LogP contribution in [0.3, 0.4) is 0 Å². The lowest BCUT2D eigenvalue weighted by atomic mass is 10.1. The monoisotopic (exact) mass is 1190 g/mol. The average Bonchev–Trinajstić information content (AvgIpc) is 3.37. The van der Waals surface area contributed by atoms with Gasteiger partial charge in [-0.1, -0.05) is 76.7 Å². The summed E-state index contributed by atoms with van der Waals surface area (Å²) < 4.78 is 67.2. The molecule has 0 heterocycles. The van der Waals surface area contributed by atoms with Crippen LogP contribution in [0.1, 0.15) is 183 Å². The maximum atomic E-state index is 12.9. The van der Waals surface area contributed by atoms with Gasteiger partial charge in [0.05, 0.1) is 76.8 Å². The number of esters is 2. The lowest BCUT2D eigenvalue weighted by molar-refractivity contribution is -0.151. The van der Waals surface area contributed by atoms with E-state index in [9.17, 15) is 57.9 Å². The number of nitrogens with one attached hydrogen (secondary N) is 4. The predicted octanol–water partition coefficient (Wildman–Crippen LogP) is 6.85. The number of carbonyl (C=O) groups excluding carboxylic acids is 6. The number of aliphatic hydroxyl groups is 2. The zero-order valence-electron chi connectivity index (χ0n) is 48.6. The highest BCUT2D eigenvalue weighted by atomic mass is 31.2. The van der Waals surface area contributed by atoms with Crippen molar-refractivity contribution in [2.45, 2.75) is 219 Å². The Morgan fingerprint density at radius 3 is 1.18 bits per heavy atom. The zero-order chi connectivity index (χ0) is 59.9. The molecule has 0 aliphatic carbocycles. The molecule has 0 fully saturated rings. The number of phosphoric ester groups is 2. The minimum atomic E-state index is -4.72. The van der Waals surface area contributed by atoms with Gasteiger partial charge in [0.1, 0.15) is 12.2 Å². The molecule has 8 N–H and O–H groups in total. The van der Waals surface area contributed by atoms with Crippen molar-refractivity contribution >= 4 is 51.2 Å². The van der Waals surface area contributed by atoms with E-state index in [-0.39, 0.29) is 78.0 Å². The van der Waals surface area contributed by atoms with Gasteiger partial charge in [0.25, 0.3) is 0 Å². The topological polar surface area (TPSA) is 339 Å². The standard InChI is InChI=1S/C54H100N4O20P2/c1-7-9-11-13-15-17-19-21-23-25-53(65)77-45(5)37-51(63)57-47(39-71-33-29-43(3)59)41-75-79(67,68)73-35-31-55-49(61)27-28-50(62)56-32-36-74-80(69,70)76-42-48(40-72-34-30-44(4)60)58-52(64)38-46(6)78-54(66)26-24-22-20-18-16-14-12-10-8-2/h17-20,43-48,59-60H,7-16,21-42H2,1-6H3,(H,55,61)(H,56,62)(H,57,63)(H,58,64)(H,67,68)(H,69,70)/b19-17+,20-18+. The molecule has 8 atom stereocenters. The molecule has 0 aromatic rings. The summed E-state index contributed by atoms with van der Waals surface area (Å²) >= 11 is 0. The maximum absolute atomic E-state index is 12.9. The van der Waals surface area contributed by atoms with Crippen molar-refractivity contribution < 1.29 is 94.9 Å². The molecular formula is C54H100N4O20P2. The van der Waals surface area contributed by atoms with Crippen molar-refractivity contribution in [3.05, 3.63) is 24.3 Å². The summed E-state index contributed by atoms with van der Waals surface area (Å²) in [5.41, 5.74) is 0. The highest BCUT2D eigenvalue weighted by Gasteiger charge is 2.27. The molecule has 0 aromatic carbocycles. The summed E-state index contributed by atoms with van der Waals surface area (Å²) in [6.45, 7) is 8.10. The number of ether oxygens (including phenoxy) is 4. The first-order valence-electron chi connectivity index (χ1n) is 28.6. The Morgan fingerprint density at radius 2 is 0.825 bits per heavy atom. The van der Waals surface area contributed by atoms with Gasteiger partial charge in [0.2, 0.25) is 23.6 Å². The van der Waals surface area contributed by atoms with E-state index in [1.807, 2.05) is 0 Å². The number of unbranched alkanes of at least 4 members (excludes halogenated alkanes) is 10. The predicted molar refractivity (Wildman–Crippen MR) is 301 cm³/mol. The van der Waals surface area contributed by atoms with E-state index in [2.05, 4.69) is 59.4 Å². The van der Waals surface area contributed by atoms with Crippen LogP contribution < -0.4 is 21.3 Å². The smallest absolute Gasteiger partial charge is 0.462 e. The molecule has 0 saturated heterocycles. The highest BCUT2D eigenvalue weighted by molar-refractivity contribution is 7.47. The molecule has 4 amide bonds. The van der Waals surface area contributed by atoms with Crippen molar-refractivity contribution in [3.63, 3.8) is 0 Å². The van der Waals surface area contributed by atoms with Crippen LogP contribution in [-0.4, -0.2) is 158 Å². The van der Waals surface area contributed by atoms with Gasteiger partial charge in [-0.2, -0.15) is 0 Å². The van der Waals surface area contributed by atoms with E-state index >= 15 is 0 Å². The Morgan fingerprint density at radius 1 is 0.463 bits per heavy atom. The molecule has 466 valence electrons. The normalized spacial score (nSPS) is 15.5. The van der Waals surface area contributed by atoms with Crippen LogP contribution in [0.4, 0.5) is 0 Å². The molecule has 0 aliphatic heterocycles. The molecular weight excluding hydrogens is 1090 g/mol. The molecule has 0 aliphatic rings. The van der Waals surface area contributed by atoms with Crippen LogP contribution in [-0.2, 0) is 74.9 Å². The fraction of sp³-hybridized carbons (Fsp3) is 0.815. The number of carbonyl (C=O) groups is 6. The third-order valence-corrected chi connectivity index (χ3v) is 13.4. The highest BCUT2D eigenvalue weighted by Crippen LogP contribution is 2.43. The summed E-state index contributed by atoms with van der Waals surface area (Å²) in [6, 6.07) is -1.88. The van der Waals surface area contributed by atoms with E-state index in [0.717, 1.165) is 38.5 Å². The molecule has 0 bridgehead atoms. The molecule has 80 heavy (non-hydrogen) atoms. The minimum absolute atomic E-state index is 0.121. The molecule has 0 saturated carbocycles. The summed E-state index contributed by atoms with van der Waals surface area (Å²) in [4.78, 5) is 95.7. The Balaban J connectivity index is 4.75. The van der Waals surface area contributed by atoms with Crippen molar-refractivity contribution in [3.8, 4) is 0 Å². The van der Waals surface area contributed by atoms with Gasteiger partial charge in [0, 0.05) is 52.0 Å². The number of hydrogen-bond acceptors (Lipinski definition) is 18. The SMILES string of the molecule is CCCCCC/C=C/CCCC(=O)OC(C)CC(=O)NC(COCCC(C)O)COP(=O)(O)OCCNC(=O)CCC(=O)NCCOP(=O)(O)OCC(COCCC(C)O)NC(=O)CC(C)OC(=O)CCC/C=C/CCCCCC. The first-order chi connectivity index (χ1) is 38.1. The fourth-order valence-corrected chi connectivity index (χ4v) is 8.62. The fourth-order valence-electron chi connectivity index (χ4n) is 7.09. The quantitative estimate of drug-likeness (QED) is 0.0134. The lowest BCUT2D eigenvalue weighted by Gasteiger charge is -2.22. The average molecular weight is 1190 g/mol. The second kappa shape index (κ2) is 48.8. The van der Waals surface area contributed by atoms with Crippen molar-refractivity contribution in [1.82, 2.24) is 21.3 Å². The van der Waals surface area contributed by atoms with Gasteiger partial charge in [-0.3, -0.25) is 46.9 Å². The largest absolute Gasteiger partial charge is 0.472 e. The van der Waals surface area contributed by atoms with Crippen LogP contribution >= 0.6 is 15.6 Å². The molecule has 0 spiro atoms. The first kappa shape index (κ1) is 76.4. The second-order valence-electron chi connectivity index (χ2n) is 19.8. The van der Waals surface area contributed by atoms with Gasteiger partial charge in [-0.25, -0.2) is 9.13 Å². The number of hydrogen-bond donors (Lipinski definition) is 8. The zero-order valence-corrected chi connectivity index (χ0v) is 50.4. The number of aliphatic hydroxyl groups excluding tert-OH is 2. The van der Waals surface area contributed by atoms with Crippen molar-refractivity contribution in [2.75, 3.05) is 65.9 Å². The van der Waals surface area contributed by atoms with E-state index in [4.69, 9.17) is 37.0 Å². The van der Waals surface area contributed by atoms with Crippen molar-refractivity contribution in [2.24, 2.45) is 0 Å². The third-order valence-electron chi connectivity index (χ3n) is 11.4. The van der Waals surface area contributed by atoms with Crippen LogP contribution in [0.5, 0.6) is 0 Å². The van der Waals surface area contributed by atoms with Crippen molar-refractivity contribution in [1.29, 1.82) is 0 Å². The van der Waals surface area contributed by atoms with Crippen LogP contribution in [0.25, 0.3) is 0 Å². The van der Waals surface area contributed by atoms with Crippen LogP contribution in [0.2, 0.25) is 0 Å². The Bertz CT molecular complexity index is 1710. The second-order valence-corrected chi connectivity index (χ2v) is 22.7. The Kier molecular flexibility index (Phi) is 46.6. The number of amides is 4. The Labute approximate surface area is 475 Å².